The molecule has 2 amide bonds. The first-order valence-corrected chi connectivity index (χ1v) is 6.07. The van der Waals surface area contributed by atoms with E-state index in [2.05, 4.69) is 5.32 Å². The number of amides is 2. The molecule has 0 radical (unpaired) electrons. The van der Waals surface area contributed by atoms with Crippen LogP contribution in [0.5, 0.6) is 5.75 Å². The summed E-state index contributed by atoms with van der Waals surface area (Å²) in [4.78, 5) is 13.6. The van der Waals surface area contributed by atoms with E-state index in [1.807, 2.05) is 12.1 Å². The fourth-order valence-corrected chi connectivity index (χ4v) is 2.04. The maximum atomic E-state index is 12.0. The minimum absolute atomic E-state index is 0.179. The van der Waals surface area contributed by atoms with E-state index in [1.165, 1.54) is 0 Å². The Morgan fingerprint density at radius 2 is 2.39 bits per heavy atom. The zero-order chi connectivity index (χ0) is 13.0. The second kappa shape index (κ2) is 5.73. The van der Waals surface area contributed by atoms with Gasteiger partial charge in [-0.2, -0.15) is 0 Å². The molecule has 1 aromatic rings. The molecule has 1 atom stereocenters. The molecule has 0 saturated carbocycles. The highest BCUT2D eigenvalue weighted by Crippen LogP contribution is 2.18. The molecule has 1 heterocycles. The molecule has 0 spiro atoms. The number of carbonyl (C=O) groups is 1. The first kappa shape index (κ1) is 12.7. The molecular weight excluding hydrogens is 232 g/mol. The number of methoxy groups -OCH3 is 1. The predicted molar refractivity (Wildman–Crippen MR) is 68.8 cm³/mol. The first-order valence-electron chi connectivity index (χ1n) is 6.07. The van der Waals surface area contributed by atoms with Gasteiger partial charge in [-0.1, -0.05) is 6.07 Å². The van der Waals surface area contributed by atoms with Crippen LogP contribution in [0.3, 0.4) is 0 Å². The SMILES string of the molecule is COc1cccc(NC(=O)N2CCCC(O)C2)c1. The number of aliphatic hydroxyl groups excluding tert-OH is 1. The Kier molecular flexibility index (Phi) is 4.04. The zero-order valence-electron chi connectivity index (χ0n) is 10.4. The smallest absolute Gasteiger partial charge is 0.321 e. The number of carbonyl (C=O) groups excluding carboxylic acids is 1. The molecule has 1 aliphatic heterocycles. The van der Waals surface area contributed by atoms with Gasteiger partial charge in [-0.3, -0.25) is 0 Å². The molecule has 1 aromatic carbocycles. The molecule has 98 valence electrons. The Hall–Kier alpha value is -1.75. The number of ether oxygens (including phenoxy) is 1. The van der Waals surface area contributed by atoms with Crippen molar-refractivity contribution in [1.82, 2.24) is 4.90 Å². The second-order valence-electron chi connectivity index (χ2n) is 4.40. The van der Waals surface area contributed by atoms with Crippen molar-refractivity contribution in [2.24, 2.45) is 0 Å². The molecule has 1 saturated heterocycles. The molecular formula is C13H18N2O3. The number of nitrogens with one attached hydrogen (secondary N) is 1. The largest absolute Gasteiger partial charge is 0.497 e. The van der Waals surface area contributed by atoms with Gasteiger partial charge >= 0.3 is 6.03 Å². The number of piperidine rings is 1. The number of rotatable bonds is 2. The number of benzene rings is 1. The van der Waals surface area contributed by atoms with Crippen molar-refractivity contribution in [3.63, 3.8) is 0 Å². The van der Waals surface area contributed by atoms with Crippen LogP contribution in [0.2, 0.25) is 0 Å². The van der Waals surface area contributed by atoms with Gasteiger partial charge in [-0.15, -0.1) is 0 Å². The van der Waals surface area contributed by atoms with E-state index in [1.54, 1.807) is 24.1 Å². The lowest BCUT2D eigenvalue weighted by Gasteiger charge is -2.30. The van der Waals surface area contributed by atoms with Crippen LogP contribution in [0.15, 0.2) is 24.3 Å². The third kappa shape index (κ3) is 3.13. The van der Waals surface area contributed by atoms with E-state index in [4.69, 9.17) is 4.74 Å². The Bertz CT molecular complexity index is 422. The highest BCUT2D eigenvalue weighted by atomic mass is 16.5. The highest BCUT2D eigenvalue weighted by Gasteiger charge is 2.21. The third-order valence-corrected chi connectivity index (χ3v) is 3.00. The summed E-state index contributed by atoms with van der Waals surface area (Å²) in [6.07, 6.45) is 1.20. The maximum Gasteiger partial charge on any atom is 0.321 e. The van der Waals surface area contributed by atoms with E-state index >= 15 is 0 Å². The second-order valence-corrected chi connectivity index (χ2v) is 4.40. The number of urea groups is 1. The first-order chi connectivity index (χ1) is 8.69. The van der Waals surface area contributed by atoms with Gasteiger partial charge in [-0.05, 0) is 25.0 Å². The Morgan fingerprint density at radius 3 is 3.11 bits per heavy atom. The average molecular weight is 250 g/mol. The molecule has 2 rings (SSSR count). The number of nitrogens with zero attached hydrogens (tertiary/aromatic N) is 1. The summed E-state index contributed by atoms with van der Waals surface area (Å²) in [5.41, 5.74) is 0.694. The number of likely N-dealkylation sites (tertiary alicyclic amines) is 1. The lowest BCUT2D eigenvalue weighted by Crippen LogP contribution is -2.44. The number of anilines is 1. The minimum Gasteiger partial charge on any atom is -0.497 e. The molecule has 0 aromatic heterocycles. The summed E-state index contributed by atoms with van der Waals surface area (Å²) in [6.45, 7) is 1.09. The lowest BCUT2D eigenvalue weighted by atomic mass is 10.1. The highest BCUT2D eigenvalue weighted by molar-refractivity contribution is 5.89. The minimum atomic E-state index is -0.408. The fourth-order valence-electron chi connectivity index (χ4n) is 2.04. The van der Waals surface area contributed by atoms with Crippen LogP contribution in [-0.4, -0.2) is 42.3 Å². The van der Waals surface area contributed by atoms with Gasteiger partial charge in [0, 0.05) is 24.8 Å². The van der Waals surface area contributed by atoms with Crippen LogP contribution < -0.4 is 10.1 Å². The summed E-state index contributed by atoms with van der Waals surface area (Å²) >= 11 is 0. The van der Waals surface area contributed by atoms with Crippen LogP contribution in [0.4, 0.5) is 10.5 Å². The molecule has 2 N–H and O–H groups in total. The third-order valence-electron chi connectivity index (χ3n) is 3.00. The summed E-state index contributed by atoms with van der Waals surface area (Å²) in [5.74, 6) is 0.700. The quantitative estimate of drug-likeness (QED) is 0.839. The summed E-state index contributed by atoms with van der Waals surface area (Å²) in [5, 5.41) is 12.3. The number of aliphatic hydroxyl groups is 1. The normalized spacial score (nSPS) is 19.4. The molecule has 0 bridgehead atoms. The monoisotopic (exact) mass is 250 g/mol. The molecule has 18 heavy (non-hydrogen) atoms. The van der Waals surface area contributed by atoms with Gasteiger partial charge in [0.25, 0.3) is 0 Å². The summed E-state index contributed by atoms with van der Waals surface area (Å²) < 4.78 is 5.09. The topological polar surface area (TPSA) is 61.8 Å². The van der Waals surface area contributed by atoms with Crippen LogP contribution in [0.25, 0.3) is 0 Å². The Labute approximate surface area is 106 Å². The number of hydrogen-bond donors (Lipinski definition) is 2. The van der Waals surface area contributed by atoms with Crippen molar-refractivity contribution in [1.29, 1.82) is 0 Å². The van der Waals surface area contributed by atoms with Gasteiger partial charge in [0.05, 0.1) is 13.2 Å². The van der Waals surface area contributed by atoms with E-state index in [-0.39, 0.29) is 6.03 Å². The zero-order valence-corrected chi connectivity index (χ0v) is 10.4. The van der Waals surface area contributed by atoms with Gasteiger partial charge in [0.1, 0.15) is 5.75 Å². The lowest BCUT2D eigenvalue weighted by molar-refractivity contribution is 0.0883. The molecule has 1 fully saturated rings. The number of hydrogen-bond acceptors (Lipinski definition) is 3. The van der Waals surface area contributed by atoms with Crippen molar-refractivity contribution >= 4 is 11.7 Å². The van der Waals surface area contributed by atoms with Crippen LogP contribution in [0, 0.1) is 0 Å². The fraction of sp³-hybridized carbons (Fsp3) is 0.462. The number of β-amino-alcohol motifs (C(OH)–C–C–N with tert-alkyl or cyclic N) is 1. The Morgan fingerprint density at radius 1 is 1.56 bits per heavy atom. The predicted octanol–water partition coefficient (Wildman–Crippen LogP) is 1.68. The summed E-state index contributed by atoms with van der Waals surface area (Å²) in [6, 6.07) is 7.03. The van der Waals surface area contributed by atoms with Crippen molar-refractivity contribution in [2.75, 3.05) is 25.5 Å². The van der Waals surface area contributed by atoms with Gasteiger partial charge in [0.2, 0.25) is 0 Å². The van der Waals surface area contributed by atoms with Crippen molar-refractivity contribution in [2.45, 2.75) is 18.9 Å². The standard InChI is InChI=1S/C13H18N2O3/c1-18-12-6-2-4-10(8-12)14-13(17)15-7-3-5-11(16)9-15/h2,4,6,8,11,16H,3,5,7,9H2,1H3,(H,14,17). The van der Waals surface area contributed by atoms with Crippen LogP contribution in [-0.2, 0) is 0 Å². The molecule has 1 aliphatic rings. The molecule has 5 nitrogen and oxygen atoms in total. The summed E-state index contributed by atoms with van der Waals surface area (Å²) in [7, 11) is 1.59. The van der Waals surface area contributed by atoms with Crippen molar-refractivity contribution in [3.8, 4) is 5.75 Å². The van der Waals surface area contributed by atoms with Crippen molar-refractivity contribution < 1.29 is 14.6 Å². The van der Waals surface area contributed by atoms with E-state index in [0.717, 1.165) is 12.8 Å². The van der Waals surface area contributed by atoms with E-state index in [0.29, 0.717) is 24.5 Å². The van der Waals surface area contributed by atoms with Gasteiger partial charge in [0.15, 0.2) is 0 Å². The average Bonchev–Trinajstić information content (AvgIpc) is 2.39. The Balaban J connectivity index is 1.97. The van der Waals surface area contributed by atoms with E-state index < -0.39 is 6.10 Å². The van der Waals surface area contributed by atoms with E-state index in [9.17, 15) is 9.90 Å². The van der Waals surface area contributed by atoms with Crippen LogP contribution >= 0.6 is 0 Å². The molecule has 5 heteroatoms. The molecule has 0 aliphatic carbocycles. The molecule has 1 unspecified atom stereocenters. The van der Waals surface area contributed by atoms with Gasteiger partial charge < -0.3 is 20.1 Å². The van der Waals surface area contributed by atoms with Crippen LogP contribution in [0.1, 0.15) is 12.8 Å². The van der Waals surface area contributed by atoms with Gasteiger partial charge in [-0.25, -0.2) is 4.79 Å². The maximum absolute atomic E-state index is 12.0. The van der Waals surface area contributed by atoms with Crippen molar-refractivity contribution in [3.05, 3.63) is 24.3 Å².